The molecular weight excluding hydrogens is 393 g/mol. The van der Waals surface area contributed by atoms with Crippen LogP contribution in [0.1, 0.15) is 76.2 Å². The highest BCUT2D eigenvalue weighted by molar-refractivity contribution is 5.81. The molecule has 3 unspecified atom stereocenters. The molecule has 1 aromatic rings. The predicted molar refractivity (Wildman–Crippen MR) is 117 cm³/mol. The average Bonchev–Trinajstić information content (AvgIpc) is 3.00. The molecule has 3 N–H and O–H groups in total. The highest BCUT2D eigenvalue weighted by Crippen LogP contribution is 2.51. The lowest BCUT2D eigenvalue weighted by molar-refractivity contribution is -0.135. The number of carbonyl (C=O) groups is 2. The first kappa shape index (κ1) is 20.8. The van der Waals surface area contributed by atoms with Gasteiger partial charge in [0.05, 0.1) is 0 Å². The lowest BCUT2D eigenvalue weighted by Gasteiger charge is -2.50. The van der Waals surface area contributed by atoms with Crippen molar-refractivity contribution >= 4 is 11.9 Å². The number of nitrogens with two attached hydrogens (primary N) is 1. The molecule has 5 rings (SSSR count). The van der Waals surface area contributed by atoms with Gasteiger partial charge in [0.1, 0.15) is 5.82 Å². The Morgan fingerprint density at radius 1 is 1.16 bits per heavy atom. The summed E-state index contributed by atoms with van der Waals surface area (Å²) in [6.07, 6.45) is 8.40. The zero-order valence-electron chi connectivity index (χ0n) is 18.4. The molecule has 0 aromatic heterocycles. The number of benzene rings is 1. The lowest BCUT2D eigenvalue weighted by atomic mass is 9.57. The predicted octanol–water partition coefficient (Wildman–Crippen LogP) is 4.32. The van der Waals surface area contributed by atoms with Crippen LogP contribution in [0.5, 0.6) is 0 Å². The average molecular weight is 428 g/mol. The summed E-state index contributed by atoms with van der Waals surface area (Å²) in [6.45, 7) is 2.16. The summed E-state index contributed by atoms with van der Waals surface area (Å²) in [5, 5.41) is 3.39. The van der Waals surface area contributed by atoms with Gasteiger partial charge in [-0.2, -0.15) is 0 Å². The van der Waals surface area contributed by atoms with E-state index in [1.165, 1.54) is 6.07 Å². The van der Waals surface area contributed by atoms with Gasteiger partial charge in [-0.05, 0) is 86.8 Å². The van der Waals surface area contributed by atoms with E-state index in [1.807, 2.05) is 6.07 Å². The minimum Gasteiger partial charge on any atom is -0.369 e. The van der Waals surface area contributed by atoms with Gasteiger partial charge in [-0.3, -0.25) is 4.79 Å². The topological polar surface area (TPSA) is 75.4 Å². The standard InChI is InChI=1S/C25H34FN3O2/c1-15-13-25(23(27)30)9-3-5-17(14-25)22(15)28-24(31)29-20-7-8-21(29)12-18(11-20)16-4-2-6-19(26)10-16/h2,4,6,10,15,17-18,20-22H,3,5,7-9,11-14H2,1H3,(H2,27,30)(H,28,31)/t15?,17?,18-,20+,21-,22-,25?/m1/s1. The fraction of sp³-hybridized carbons (Fsp3) is 0.680. The van der Waals surface area contributed by atoms with Gasteiger partial charge in [0.15, 0.2) is 0 Å². The number of halogens is 1. The van der Waals surface area contributed by atoms with Crippen LogP contribution >= 0.6 is 0 Å². The number of rotatable bonds is 3. The highest BCUT2D eigenvalue weighted by atomic mass is 19.1. The second-order valence-electron chi connectivity index (χ2n) is 10.7. The molecular formula is C25H34FN3O2. The highest BCUT2D eigenvalue weighted by Gasteiger charge is 2.51. The van der Waals surface area contributed by atoms with E-state index in [0.29, 0.717) is 11.8 Å². The van der Waals surface area contributed by atoms with Crippen molar-refractivity contribution in [1.29, 1.82) is 0 Å². The molecule has 6 heteroatoms. The number of hydrogen-bond donors (Lipinski definition) is 2. The Bertz CT molecular complexity index is 858. The van der Waals surface area contributed by atoms with Crippen LogP contribution in [0.25, 0.3) is 0 Å². The fourth-order valence-corrected chi connectivity index (χ4v) is 7.45. The van der Waals surface area contributed by atoms with E-state index in [4.69, 9.17) is 5.73 Å². The van der Waals surface area contributed by atoms with E-state index in [-0.39, 0.29) is 47.2 Å². The number of fused-ring (bicyclic) bond motifs is 4. The summed E-state index contributed by atoms with van der Waals surface area (Å²) in [5.74, 6) is 0.553. The first-order chi connectivity index (χ1) is 14.9. The molecule has 4 fully saturated rings. The lowest BCUT2D eigenvalue weighted by Crippen LogP contribution is -2.59. The van der Waals surface area contributed by atoms with Gasteiger partial charge in [-0.15, -0.1) is 0 Å². The van der Waals surface area contributed by atoms with Crippen LogP contribution in [0, 0.1) is 23.1 Å². The van der Waals surface area contributed by atoms with Crippen LogP contribution in [-0.2, 0) is 4.79 Å². The van der Waals surface area contributed by atoms with Gasteiger partial charge in [0.2, 0.25) is 5.91 Å². The van der Waals surface area contributed by atoms with Crippen LogP contribution in [0.3, 0.4) is 0 Å². The number of urea groups is 1. The maximum atomic E-state index is 13.7. The van der Waals surface area contributed by atoms with Crippen LogP contribution in [0.4, 0.5) is 9.18 Å². The van der Waals surface area contributed by atoms with Crippen LogP contribution in [0.15, 0.2) is 24.3 Å². The van der Waals surface area contributed by atoms with E-state index in [2.05, 4.69) is 17.1 Å². The van der Waals surface area contributed by atoms with E-state index < -0.39 is 0 Å². The third-order valence-corrected chi connectivity index (χ3v) is 8.82. The molecule has 0 spiro atoms. The summed E-state index contributed by atoms with van der Waals surface area (Å²) in [4.78, 5) is 27.7. The Hall–Kier alpha value is -2.11. The molecule has 0 radical (unpaired) electrons. The summed E-state index contributed by atoms with van der Waals surface area (Å²) in [7, 11) is 0. The van der Waals surface area contributed by atoms with Crippen molar-refractivity contribution < 1.29 is 14.0 Å². The first-order valence-corrected chi connectivity index (χ1v) is 12.0. The summed E-state index contributed by atoms with van der Waals surface area (Å²) in [5.41, 5.74) is 6.48. The van der Waals surface area contributed by atoms with E-state index in [0.717, 1.165) is 63.4 Å². The number of carbonyl (C=O) groups excluding carboxylic acids is 2. The Morgan fingerprint density at radius 2 is 1.90 bits per heavy atom. The van der Waals surface area contributed by atoms with Gasteiger partial charge < -0.3 is 16.0 Å². The van der Waals surface area contributed by atoms with Crippen molar-refractivity contribution in [3.05, 3.63) is 35.6 Å². The third kappa shape index (κ3) is 3.62. The van der Waals surface area contributed by atoms with Crippen LogP contribution in [-0.4, -0.2) is 35.0 Å². The largest absolute Gasteiger partial charge is 0.369 e. The molecule has 2 aliphatic heterocycles. The molecule has 1 aromatic carbocycles. The molecule has 2 heterocycles. The molecule has 2 aliphatic carbocycles. The SMILES string of the molecule is CC1CC2(C(N)=O)CCCC(C2)[C@@H]1NC(=O)N1[C@@H]2CC[C@H]1C[C@@H](c1cccc(F)c1)C2. The fourth-order valence-electron chi connectivity index (χ4n) is 7.45. The summed E-state index contributed by atoms with van der Waals surface area (Å²) < 4.78 is 13.7. The number of primary amides is 1. The van der Waals surface area contributed by atoms with Gasteiger partial charge in [0.25, 0.3) is 0 Å². The van der Waals surface area contributed by atoms with Crippen molar-refractivity contribution in [2.75, 3.05) is 0 Å². The summed E-state index contributed by atoms with van der Waals surface area (Å²) in [6, 6.07) is 7.55. The summed E-state index contributed by atoms with van der Waals surface area (Å²) >= 11 is 0. The van der Waals surface area contributed by atoms with E-state index >= 15 is 0 Å². The maximum Gasteiger partial charge on any atom is 0.318 e. The van der Waals surface area contributed by atoms with E-state index in [1.54, 1.807) is 12.1 Å². The van der Waals surface area contributed by atoms with Gasteiger partial charge in [-0.1, -0.05) is 25.5 Å². The molecule has 4 bridgehead atoms. The van der Waals surface area contributed by atoms with Crippen molar-refractivity contribution in [3.63, 3.8) is 0 Å². The van der Waals surface area contributed by atoms with Crippen LogP contribution < -0.4 is 11.1 Å². The molecule has 3 amide bonds. The van der Waals surface area contributed by atoms with Crippen molar-refractivity contribution in [3.8, 4) is 0 Å². The molecule has 2 saturated carbocycles. The van der Waals surface area contributed by atoms with Crippen molar-refractivity contribution in [2.24, 2.45) is 23.0 Å². The Kier molecular flexibility index (Phi) is 5.22. The number of piperidine rings is 1. The molecule has 7 atom stereocenters. The molecule has 2 saturated heterocycles. The number of hydrogen-bond acceptors (Lipinski definition) is 2. The minimum atomic E-state index is -0.369. The molecule has 31 heavy (non-hydrogen) atoms. The molecule has 4 aliphatic rings. The second kappa shape index (κ2) is 7.79. The first-order valence-electron chi connectivity index (χ1n) is 12.0. The Labute approximate surface area is 183 Å². The molecule has 168 valence electrons. The number of nitrogens with one attached hydrogen (secondary N) is 1. The third-order valence-electron chi connectivity index (χ3n) is 8.82. The van der Waals surface area contributed by atoms with E-state index in [9.17, 15) is 14.0 Å². The smallest absolute Gasteiger partial charge is 0.318 e. The number of amides is 3. The van der Waals surface area contributed by atoms with Gasteiger partial charge in [0, 0.05) is 23.5 Å². The normalized spacial score (nSPS) is 39.2. The van der Waals surface area contributed by atoms with Crippen LogP contribution in [0.2, 0.25) is 0 Å². The second-order valence-corrected chi connectivity index (χ2v) is 10.7. The van der Waals surface area contributed by atoms with Gasteiger partial charge in [-0.25, -0.2) is 9.18 Å². The number of nitrogens with zero attached hydrogens (tertiary/aromatic N) is 1. The Morgan fingerprint density at radius 3 is 2.58 bits per heavy atom. The monoisotopic (exact) mass is 427 g/mol. The maximum absolute atomic E-state index is 13.7. The van der Waals surface area contributed by atoms with Crippen molar-refractivity contribution in [1.82, 2.24) is 10.2 Å². The zero-order chi connectivity index (χ0) is 21.8. The zero-order valence-corrected chi connectivity index (χ0v) is 18.4. The van der Waals surface area contributed by atoms with Crippen molar-refractivity contribution in [2.45, 2.75) is 88.8 Å². The van der Waals surface area contributed by atoms with Gasteiger partial charge >= 0.3 is 6.03 Å². The quantitative estimate of drug-likeness (QED) is 0.754. The molecule has 5 nitrogen and oxygen atoms in total. The minimum absolute atomic E-state index is 0.0548. The Balaban J connectivity index is 1.27.